The number of aromatic nitrogens is 3. The fraction of sp³-hybridized carbons (Fsp3) is 0.462. The minimum atomic E-state index is -0.0681. The number of amides is 1. The number of fused-ring (bicyclic) bond motifs is 1. The van der Waals surface area contributed by atoms with Crippen molar-refractivity contribution in [3.63, 3.8) is 0 Å². The predicted octanol–water partition coefficient (Wildman–Crippen LogP) is 3.59. The van der Waals surface area contributed by atoms with E-state index in [0.29, 0.717) is 38.8 Å². The Morgan fingerprint density at radius 3 is 2.64 bits per heavy atom. The number of pyridine rings is 1. The number of benzene rings is 1. The van der Waals surface area contributed by atoms with Crippen LogP contribution in [-0.4, -0.2) is 62.4 Å². The van der Waals surface area contributed by atoms with Gasteiger partial charge in [0.05, 0.1) is 36.0 Å². The molecule has 7 heteroatoms. The van der Waals surface area contributed by atoms with E-state index in [9.17, 15) is 4.79 Å². The van der Waals surface area contributed by atoms with Gasteiger partial charge < -0.3 is 9.64 Å². The Labute approximate surface area is 194 Å². The van der Waals surface area contributed by atoms with Crippen LogP contribution in [0, 0.1) is 0 Å². The van der Waals surface area contributed by atoms with Crippen molar-refractivity contribution in [2.45, 2.75) is 57.4 Å². The van der Waals surface area contributed by atoms with Crippen LogP contribution in [0.1, 0.15) is 43.4 Å². The highest BCUT2D eigenvalue weighted by Crippen LogP contribution is 2.26. The second-order valence-electron chi connectivity index (χ2n) is 9.10. The molecule has 1 amide bonds. The fourth-order valence-corrected chi connectivity index (χ4v) is 5.09. The zero-order valence-corrected chi connectivity index (χ0v) is 19.0. The van der Waals surface area contributed by atoms with E-state index in [4.69, 9.17) is 4.74 Å². The van der Waals surface area contributed by atoms with Gasteiger partial charge in [-0.05, 0) is 36.6 Å². The normalized spacial score (nSPS) is 20.8. The number of para-hydroxylation sites is 1. The van der Waals surface area contributed by atoms with Gasteiger partial charge in [0, 0.05) is 44.3 Å². The molecule has 2 aromatic heterocycles. The summed E-state index contributed by atoms with van der Waals surface area (Å²) in [5.41, 5.74) is 3.77. The van der Waals surface area contributed by atoms with E-state index in [1.165, 1.54) is 19.3 Å². The molecule has 1 saturated heterocycles. The van der Waals surface area contributed by atoms with Gasteiger partial charge in [0.2, 0.25) is 5.91 Å². The lowest BCUT2D eigenvalue weighted by atomic mass is 9.94. The number of rotatable bonds is 6. The largest absolute Gasteiger partial charge is 0.369 e. The average Bonchev–Trinajstić information content (AvgIpc) is 3.02. The second kappa shape index (κ2) is 10.4. The molecule has 2 fully saturated rings. The Morgan fingerprint density at radius 2 is 1.79 bits per heavy atom. The number of nitrogens with zero attached hydrogens (tertiary/aromatic N) is 5. The van der Waals surface area contributed by atoms with Crippen molar-refractivity contribution in [1.82, 2.24) is 24.8 Å². The summed E-state index contributed by atoms with van der Waals surface area (Å²) in [5.74, 6) is 0.206. The molecule has 33 heavy (non-hydrogen) atoms. The highest BCUT2D eigenvalue weighted by atomic mass is 16.5. The highest BCUT2D eigenvalue weighted by molar-refractivity contribution is 5.80. The second-order valence-corrected chi connectivity index (χ2v) is 9.10. The summed E-state index contributed by atoms with van der Waals surface area (Å²) < 4.78 is 6.35. The van der Waals surface area contributed by atoms with Crippen molar-refractivity contribution in [3.8, 4) is 0 Å². The number of hydrogen-bond acceptors (Lipinski definition) is 6. The van der Waals surface area contributed by atoms with Crippen LogP contribution in [-0.2, 0) is 22.7 Å². The van der Waals surface area contributed by atoms with Crippen LogP contribution in [0.3, 0.4) is 0 Å². The number of carbonyl (C=O) groups excluding carboxylic acids is 1. The molecule has 2 aliphatic rings. The molecule has 1 saturated carbocycles. The third-order valence-electron chi connectivity index (χ3n) is 6.73. The lowest BCUT2D eigenvalue weighted by molar-refractivity contribution is -0.135. The van der Waals surface area contributed by atoms with E-state index in [1.807, 2.05) is 30.3 Å². The van der Waals surface area contributed by atoms with E-state index in [-0.39, 0.29) is 12.0 Å². The fourth-order valence-electron chi connectivity index (χ4n) is 5.09. The Kier molecular flexibility index (Phi) is 6.88. The van der Waals surface area contributed by atoms with E-state index >= 15 is 0 Å². The van der Waals surface area contributed by atoms with Crippen LogP contribution in [0.25, 0.3) is 11.0 Å². The molecule has 0 unspecified atom stereocenters. The Morgan fingerprint density at radius 1 is 0.909 bits per heavy atom. The highest BCUT2D eigenvalue weighted by Gasteiger charge is 2.33. The summed E-state index contributed by atoms with van der Waals surface area (Å²) in [6, 6.07) is 12.3. The van der Waals surface area contributed by atoms with E-state index < -0.39 is 0 Å². The number of ether oxygens (including phenoxy) is 1. The maximum atomic E-state index is 13.4. The summed E-state index contributed by atoms with van der Waals surface area (Å²) in [7, 11) is 0. The average molecular weight is 446 g/mol. The minimum absolute atomic E-state index is 0.0681. The monoisotopic (exact) mass is 445 g/mol. The summed E-state index contributed by atoms with van der Waals surface area (Å²) >= 11 is 0. The first kappa shape index (κ1) is 21.9. The quantitative estimate of drug-likeness (QED) is 0.578. The molecule has 0 N–H and O–H groups in total. The van der Waals surface area contributed by atoms with Gasteiger partial charge in [-0.1, -0.05) is 37.5 Å². The van der Waals surface area contributed by atoms with Gasteiger partial charge in [-0.15, -0.1) is 0 Å². The van der Waals surface area contributed by atoms with Gasteiger partial charge in [0.15, 0.2) is 0 Å². The van der Waals surface area contributed by atoms with Gasteiger partial charge >= 0.3 is 0 Å². The molecule has 5 rings (SSSR count). The van der Waals surface area contributed by atoms with Crippen LogP contribution >= 0.6 is 0 Å². The first-order valence-electron chi connectivity index (χ1n) is 12.0. The van der Waals surface area contributed by atoms with Crippen molar-refractivity contribution < 1.29 is 9.53 Å². The topological polar surface area (TPSA) is 71.5 Å². The number of hydrogen-bond donors (Lipinski definition) is 0. The SMILES string of the molecule is O=C1CN(Cc2cccc3nccnc23)C[C@H](OCc2ccccn2)CN1C1CCCCC1. The van der Waals surface area contributed by atoms with Gasteiger partial charge in [-0.3, -0.25) is 24.6 Å². The Bertz CT molecular complexity index is 1070. The number of carbonyl (C=O) groups is 1. The van der Waals surface area contributed by atoms with Crippen LogP contribution in [0.4, 0.5) is 0 Å². The first-order valence-corrected chi connectivity index (χ1v) is 12.0. The third-order valence-corrected chi connectivity index (χ3v) is 6.73. The van der Waals surface area contributed by atoms with Gasteiger partial charge in [-0.2, -0.15) is 0 Å². The third kappa shape index (κ3) is 5.37. The summed E-state index contributed by atoms with van der Waals surface area (Å²) in [6.45, 7) is 2.83. The molecular weight excluding hydrogens is 414 g/mol. The molecule has 1 aromatic carbocycles. The molecule has 7 nitrogen and oxygen atoms in total. The minimum Gasteiger partial charge on any atom is -0.369 e. The molecule has 1 aliphatic carbocycles. The summed E-state index contributed by atoms with van der Waals surface area (Å²) in [5, 5.41) is 0. The van der Waals surface area contributed by atoms with Crippen LogP contribution in [0.2, 0.25) is 0 Å². The maximum absolute atomic E-state index is 13.4. The zero-order valence-electron chi connectivity index (χ0n) is 19.0. The van der Waals surface area contributed by atoms with E-state index in [2.05, 4.69) is 30.8 Å². The predicted molar refractivity (Wildman–Crippen MR) is 126 cm³/mol. The molecule has 0 radical (unpaired) electrons. The molecule has 3 aromatic rings. The maximum Gasteiger partial charge on any atom is 0.237 e. The molecule has 0 bridgehead atoms. The van der Waals surface area contributed by atoms with Gasteiger partial charge in [0.1, 0.15) is 0 Å². The lowest BCUT2D eigenvalue weighted by Crippen LogP contribution is -2.45. The van der Waals surface area contributed by atoms with E-state index in [0.717, 1.165) is 35.1 Å². The zero-order chi connectivity index (χ0) is 22.5. The van der Waals surface area contributed by atoms with Crippen LogP contribution < -0.4 is 0 Å². The van der Waals surface area contributed by atoms with Crippen molar-refractivity contribution in [1.29, 1.82) is 0 Å². The van der Waals surface area contributed by atoms with Crippen molar-refractivity contribution in [2.75, 3.05) is 19.6 Å². The van der Waals surface area contributed by atoms with Gasteiger partial charge in [0.25, 0.3) is 0 Å². The molecule has 1 atom stereocenters. The standard InChI is InChI=1S/C26H31N5O2/c32-25-18-30(15-20-7-6-11-24-26(20)29-14-13-28-24)16-23(33-19-21-8-4-5-12-27-21)17-31(25)22-9-2-1-3-10-22/h4-8,11-14,22-23H,1-3,9-10,15-19H2/t23-/m0/s1. The van der Waals surface area contributed by atoms with Crippen LogP contribution in [0.5, 0.6) is 0 Å². The molecule has 172 valence electrons. The van der Waals surface area contributed by atoms with Crippen molar-refractivity contribution in [2.24, 2.45) is 0 Å². The van der Waals surface area contributed by atoms with Crippen molar-refractivity contribution in [3.05, 3.63) is 66.2 Å². The summed E-state index contributed by atoms with van der Waals surface area (Å²) in [6.07, 6.45) is 11.0. The summed E-state index contributed by atoms with van der Waals surface area (Å²) in [4.78, 5) is 31.1. The molecular formula is C26H31N5O2. The van der Waals surface area contributed by atoms with Crippen molar-refractivity contribution >= 4 is 16.9 Å². The Balaban J connectivity index is 1.36. The van der Waals surface area contributed by atoms with Crippen LogP contribution in [0.15, 0.2) is 55.0 Å². The van der Waals surface area contributed by atoms with Gasteiger partial charge in [-0.25, -0.2) is 0 Å². The smallest absolute Gasteiger partial charge is 0.237 e. The molecule has 3 heterocycles. The van der Waals surface area contributed by atoms with E-state index in [1.54, 1.807) is 18.6 Å². The first-order chi connectivity index (χ1) is 16.3. The Hall–Kier alpha value is -2.90. The lowest BCUT2D eigenvalue weighted by Gasteiger charge is -2.35. The molecule has 1 aliphatic heterocycles. The molecule has 0 spiro atoms.